The van der Waals surface area contributed by atoms with Crippen LogP contribution in [-0.4, -0.2) is 0 Å². The fourth-order valence-electron chi connectivity index (χ4n) is 1.11. The van der Waals surface area contributed by atoms with E-state index in [-0.39, 0.29) is 64.5 Å². The zero-order chi connectivity index (χ0) is 8.48. The van der Waals surface area contributed by atoms with Crippen LogP contribution in [0, 0.1) is 0 Å². The largest absolute Gasteiger partial charge is 1.45 e. The predicted octanol–water partition coefficient (Wildman–Crippen LogP) is -2.97. The van der Waals surface area contributed by atoms with Gasteiger partial charge in [-0.05, 0) is 5.41 Å². The van der Waals surface area contributed by atoms with Gasteiger partial charge in [-0.2, -0.15) is 0 Å². The molecule has 0 nitrogen and oxygen atoms in total. The van der Waals surface area contributed by atoms with Crippen molar-refractivity contribution in [2.45, 2.75) is 26.2 Å². The van der Waals surface area contributed by atoms with E-state index in [0.717, 1.165) is 5.30 Å². The average molecular weight is 210 g/mol. The Morgan fingerprint density at radius 2 is 1.46 bits per heavy atom. The van der Waals surface area contributed by atoms with Gasteiger partial charge in [-0.25, -0.2) is 0 Å². The minimum atomic E-state index is 0. The van der Waals surface area contributed by atoms with Gasteiger partial charge in [-0.15, -0.1) is 6.07 Å². The van der Waals surface area contributed by atoms with Gasteiger partial charge < -0.3 is 14.5 Å². The molecule has 0 aliphatic carbocycles. The first-order chi connectivity index (χ1) is 5.02. The van der Waals surface area contributed by atoms with E-state index in [0.29, 0.717) is 0 Å². The minimum Gasteiger partial charge on any atom is -1.45 e. The maximum Gasteiger partial charge on any atom is 1.00 e. The average Bonchev–Trinajstić information content (AvgIpc) is 1.86. The molecule has 0 saturated carbocycles. The summed E-state index contributed by atoms with van der Waals surface area (Å²) in [6.07, 6.45) is 0. The van der Waals surface area contributed by atoms with E-state index in [9.17, 15) is 0 Å². The Bertz CT molecular complexity index is 253. The minimum absolute atomic E-state index is 0. The van der Waals surface area contributed by atoms with E-state index in [1.54, 1.807) is 0 Å². The molecule has 0 radical (unpaired) electrons. The third-order valence-electron chi connectivity index (χ3n) is 1.71. The predicted molar refractivity (Wildman–Crippen MR) is 51.7 cm³/mol. The molecule has 0 heterocycles. The summed E-state index contributed by atoms with van der Waals surface area (Å²) in [5, 5.41) is 1.08. The monoisotopic (exact) mass is 210 g/mol. The quantitative estimate of drug-likeness (QED) is 0.317. The molecule has 0 N–H and O–H groups in total. The summed E-state index contributed by atoms with van der Waals surface area (Å²) in [4.78, 5) is 0. The number of hydrogen-bond donors (Lipinski definition) is 0. The van der Waals surface area contributed by atoms with Crippen molar-refractivity contribution < 1.29 is 59.1 Å². The summed E-state index contributed by atoms with van der Waals surface area (Å²) in [6, 6.07) is 8.23. The second-order valence-corrected chi connectivity index (χ2v) is 4.25. The Hall–Kier alpha value is 1.65. The molecule has 1 aromatic carbocycles. The van der Waals surface area contributed by atoms with Gasteiger partial charge in [0, 0.05) is 0 Å². The van der Waals surface area contributed by atoms with Crippen molar-refractivity contribution >= 4 is 14.5 Å². The zero-order valence-electron chi connectivity index (χ0n) is 9.26. The number of hydrogen-bond acceptors (Lipinski definition) is 0. The van der Waals surface area contributed by atoms with Crippen LogP contribution in [0.1, 0.15) is 26.3 Å². The Morgan fingerprint density at radius 3 is 1.77 bits per heavy atom. The van der Waals surface area contributed by atoms with Crippen LogP contribution in [-0.2, 0) is 5.41 Å². The molecule has 1 aromatic rings. The van der Waals surface area contributed by atoms with E-state index in [4.69, 9.17) is 0 Å². The fraction of sp³-hybridized carbons (Fsp3) is 0.400. The van der Waals surface area contributed by atoms with Crippen LogP contribution in [0.2, 0.25) is 0 Å². The van der Waals surface area contributed by atoms with Crippen molar-refractivity contribution in [3.63, 3.8) is 0 Å². The molecule has 0 saturated heterocycles. The van der Waals surface area contributed by atoms with Crippen LogP contribution < -0.4 is 64.4 Å². The summed E-state index contributed by atoms with van der Waals surface area (Å²) in [5.41, 5.74) is 1.52. The van der Waals surface area contributed by atoms with Crippen LogP contribution in [0.3, 0.4) is 0 Å². The second kappa shape index (κ2) is 7.01. The number of benzene rings is 1. The molecule has 0 amide bonds. The van der Waals surface area contributed by atoms with Gasteiger partial charge in [0.05, 0.1) is 0 Å². The Balaban J connectivity index is 0. The summed E-state index contributed by atoms with van der Waals surface area (Å²) >= 11 is 0. The second-order valence-electron chi connectivity index (χ2n) is 3.77. The summed E-state index contributed by atoms with van der Waals surface area (Å²) in [6.45, 7) is 6.59. The van der Waals surface area contributed by atoms with Crippen LogP contribution in [0.4, 0.5) is 0 Å². The van der Waals surface area contributed by atoms with Crippen LogP contribution in [0.5, 0.6) is 0 Å². The van der Waals surface area contributed by atoms with Crippen molar-refractivity contribution in [2.24, 2.45) is 0 Å². The first-order valence-electron chi connectivity index (χ1n) is 3.80. The van der Waals surface area contributed by atoms with Crippen molar-refractivity contribution in [3.05, 3.63) is 29.8 Å². The Kier molecular flexibility index (Phi) is 9.20. The maximum absolute atomic E-state index is 4.39. The van der Waals surface area contributed by atoms with E-state index < -0.39 is 0 Å². The smallest absolute Gasteiger partial charge is 1.00 e. The third-order valence-corrected chi connectivity index (χ3v) is 2.10. The van der Waals surface area contributed by atoms with Gasteiger partial charge >= 0.3 is 59.1 Å². The van der Waals surface area contributed by atoms with Gasteiger partial charge in [0.25, 0.3) is 0 Å². The topological polar surface area (TPSA) is 0 Å². The van der Waals surface area contributed by atoms with Gasteiger partial charge in [0.2, 0.25) is 0 Å². The van der Waals surface area contributed by atoms with Gasteiger partial charge in [-0.1, -0.05) is 44.5 Å². The molecule has 0 aliphatic rings. The molecule has 0 atom stereocenters. The van der Waals surface area contributed by atoms with Crippen molar-refractivity contribution in [2.75, 3.05) is 0 Å². The molecule has 3 heteroatoms. The van der Waals surface area contributed by atoms with E-state index in [1.165, 1.54) is 5.56 Å². The van der Waals surface area contributed by atoms with Crippen molar-refractivity contribution in [1.82, 2.24) is 0 Å². The standard InChI is InChI=1S/C10H13P.2Na/c1-10(2,3)8-6-4-5-7-9(8)11;;/h4-7H,1-3H3;;/q-2;2*+1. The first-order valence-corrected chi connectivity index (χ1v) is 4.25. The molecule has 0 bridgehead atoms. The fourth-order valence-corrected chi connectivity index (χ4v) is 1.60. The molecule has 13 heavy (non-hydrogen) atoms. The molecule has 60 valence electrons. The summed E-state index contributed by atoms with van der Waals surface area (Å²) in [7, 11) is 4.39. The Labute approximate surface area is 128 Å². The van der Waals surface area contributed by atoms with Crippen LogP contribution in [0.25, 0.3) is 0 Å². The molecule has 0 fully saturated rings. The normalized spacial score (nSPS) is 9.85. The molecule has 0 spiro atoms. The molecular formula is C10H13Na2P. The van der Waals surface area contributed by atoms with Gasteiger partial charge in [-0.3, -0.25) is 0 Å². The molecule has 0 unspecified atom stereocenters. The molecule has 0 aliphatic heterocycles. The van der Waals surface area contributed by atoms with Gasteiger partial charge in [0.15, 0.2) is 0 Å². The number of rotatable bonds is 0. The third kappa shape index (κ3) is 5.33. The van der Waals surface area contributed by atoms with Crippen LogP contribution in [0.15, 0.2) is 24.3 Å². The zero-order valence-corrected chi connectivity index (χ0v) is 14.2. The van der Waals surface area contributed by atoms with E-state index in [1.807, 2.05) is 12.1 Å². The SMILES string of the molecule is CC(C)(C)c1ccccc1[P-2].[Na+].[Na+]. The van der Waals surface area contributed by atoms with E-state index >= 15 is 0 Å². The Morgan fingerprint density at radius 1 is 1.00 bits per heavy atom. The summed E-state index contributed by atoms with van der Waals surface area (Å²) < 4.78 is 0. The first kappa shape index (κ1) is 17.1. The van der Waals surface area contributed by atoms with Gasteiger partial charge in [0.1, 0.15) is 0 Å². The van der Waals surface area contributed by atoms with Crippen molar-refractivity contribution in [1.29, 1.82) is 0 Å². The maximum atomic E-state index is 4.39. The van der Waals surface area contributed by atoms with Crippen LogP contribution >= 0.6 is 9.24 Å². The molecule has 0 aromatic heterocycles. The molecular weight excluding hydrogens is 197 g/mol. The summed E-state index contributed by atoms with van der Waals surface area (Å²) in [5.74, 6) is 0. The molecule has 1 rings (SSSR count). The van der Waals surface area contributed by atoms with Crippen molar-refractivity contribution in [3.8, 4) is 0 Å². The van der Waals surface area contributed by atoms with E-state index in [2.05, 4.69) is 42.1 Å².